The molecule has 0 radical (unpaired) electrons. The number of hydrogen-bond donors (Lipinski definition) is 2. The van der Waals surface area contributed by atoms with Crippen LogP contribution in [0.25, 0.3) is 0 Å². The predicted molar refractivity (Wildman–Crippen MR) is 84.9 cm³/mol. The molecule has 3 nitrogen and oxygen atoms in total. The van der Waals surface area contributed by atoms with Crippen LogP contribution in [0.5, 0.6) is 0 Å². The van der Waals surface area contributed by atoms with Gasteiger partial charge in [-0.25, -0.2) is 0 Å². The quantitative estimate of drug-likeness (QED) is 0.753. The molecule has 1 atom stereocenters. The first kappa shape index (κ1) is 16.3. The maximum atomic E-state index is 9.78. The molecule has 1 unspecified atom stereocenters. The van der Waals surface area contributed by atoms with Crippen molar-refractivity contribution in [3.05, 3.63) is 0 Å². The molecule has 20 heavy (non-hydrogen) atoms. The Bertz CT molecular complexity index is 268. The van der Waals surface area contributed by atoms with Gasteiger partial charge in [-0.2, -0.15) is 0 Å². The molecular formula is C17H34N2O. The Hall–Kier alpha value is -0.120. The summed E-state index contributed by atoms with van der Waals surface area (Å²) in [5.41, 5.74) is 0.171. The van der Waals surface area contributed by atoms with Crippen molar-refractivity contribution in [3.8, 4) is 0 Å². The Labute approximate surface area is 125 Å². The fraction of sp³-hybridized carbons (Fsp3) is 1.00. The third kappa shape index (κ3) is 4.19. The van der Waals surface area contributed by atoms with Crippen molar-refractivity contribution in [3.63, 3.8) is 0 Å². The van der Waals surface area contributed by atoms with Gasteiger partial charge in [0.05, 0.1) is 0 Å². The number of aliphatic hydroxyl groups excluding tert-OH is 1. The van der Waals surface area contributed by atoms with Gasteiger partial charge in [0.2, 0.25) is 0 Å². The van der Waals surface area contributed by atoms with E-state index in [-0.39, 0.29) is 5.41 Å². The van der Waals surface area contributed by atoms with Gasteiger partial charge in [0.25, 0.3) is 0 Å². The van der Waals surface area contributed by atoms with Crippen LogP contribution >= 0.6 is 0 Å². The minimum absolute atomic E-state index is 0.171. The Balaban J connectivity index is 1.79. The van der Waals surface area contributed by atoms with Gasteiger partial charge >= 0.3 is 0 Å². The first-order valence-electron chi connectivity index (χ1n) is 8.72. The van der Waals surface area contributed by atoms with Crippen LogP contribution in [0.3, 0.4) is 0 Å². The van der Waals surface area contributed by atoms with Gasteiger partial charge in [-0.15, -0.1) is 0 Å². The topological polar surface area (TPSA) is 35.5 Å². The summed E-state index contributed by atoms with van der Waals surface area (Å²) in [5.74, 6) is 0.706. The van der Waals surface area contributed by atoms with Crippen molar-refractivity contribution in [2.75, 3.05) is 32.8 Å². The molecule has 2 aliphatic rings. The zero-order valence-electron chi connectivity index (χ0n) is 13.5. The van der Waals surface area contributed by atoms with Crippen LogP contribution in [0, 0.1) is 11.3 Å². The van der Waals surface area contributed by atoms with Crippen LogP contribution in [0.4, 0.5) is 0 Å². The predicted octanol–water partition coefficient (Wildman–Crippen LogP) is 2.64. The number of likely N-dealkylation sites (tertiary alicyclic amines) is 1. The third-order valence-corrected chi connectivity index (χ3v) is 5.48. The number of aliphatic hydroxyl groups is 1. The highest BCUT2D eigenvalue weighted by Gasteiger charge is 2.32. The summed E-state index contributed by atoms with van der Waals surface area (Å²) < 4.78 is 0. The second-order valence-corrected chi connectivity index (χ2v) is 7.40. The van der Waals surface area contributed by atoms with E-state index in [1.165, 1.54) is 58.0 Å². The summed E-state index contributed by atoms with van der Waals surface area (Å²) in [6.45, 7) is 9.67. The SMILES string of the molecule is CC(C)C(CNCC1(CO)CCCCC1)N1CCCC1. The van der Waals surface area contributed by atoms with Crippen molar-refractivity contribution in [1.29, 1.82) is 0 Å². The molecule has 2 fully saturated rings. The lowest BCUT2D eigenvalue weighted by molar-refractivity contribution is 0.0772. The highest BCUT2D eigenvalue weighted by molar-refractivity contribution is 4.86. The number of rotatable bonds is 7. The van der Waals surface area contributed by atoms with Gasteiger partial charge in [0.15, 0.2) is 0 Å². The van der Waals surface area contributed by atoms with Crippen LogP contribution in [0.2, 0.25) is 0 Å². The van der Waals surface area contributed by atoms with Crippen molar-refractivity contribution >= 4 is 0 Å². The van der Waals surface area contributed by atoms with E-state index in [4.69, 9.17) is 0 Å². The van der Waals surface area contributed by atoms with Crippen molar-refractivity contribution in [2.24, 2.45) is 11.3 Å². The van der Waals surface area contributed by atoms with Crippen molar-refractivity contribution in [1.82, 2.24) is 10.2 Å². The first-order valence-corrected chi connectivity index (χ1v) is 8.72. The summed E-state index contributed by atoms with van der Waals surface area (Å²) in [6.07, 6.45) is 9.07. The molecule has 3 heteroatoms. The van der Waals surface area contributed by atoms with E-state index in [9.17, 15) is 5.11 Å². The molecule has 0 aromatic carbocycles. The minimum atomic E-state index is 0.171. The Morgan fingerprint density at radius 1 is 1.05 bits per heavy atom. The lowest BCUT2D eigenvalue weighted by Crippen LogP contribution is -2.47. The third-order valence-electron chi connectivity index (χ3n) is 5.48. The Morgan fingerprint density at radius 3 is 2.25 bits per heavy atom. The van der Waals surface area contributed by atoms with Gasteiger partial charge in [0, 0.05) is 31.2 Å². The molecule has 1 saturated heterocycles. The smallest absolute Gasteiger partial charge is 0.0499 e. The van der Waals surface area contributed by atoms with Gasteiger partial charge in [-0.1, -0.05) is 33.1 Å². The zero-order chi connectivity index (χ0) is 14.4. The molecule has 2 N–H and O–H groups in total. The molecule has 1 heterocycles. The largest absolute Gasteiger partial charge is 0.396 e. The Morgan fingerprint density at radius 2 is 1.70 bits per heavy atom. The lowest BCUT2D eigenvalue weighted by Gasteiger charge is -2.37. The average Bonchev–Trinajstić information content (AvgIpc) is 2.98. The van der Waals surface area contributed by atoms with Crippen LogP contribution in [-0.4, -0.2) is 48.8 Å². The van der Waals surface area contributed by atoms with E-state index in [1.807, 2.05) is 0 Å². The molecule has 0 bridgehead atoms. The summed E-state index contributed by atoms with van der Waals surface area (Å²) in [4.78, 5) is 2.66. The number of nitrogens with zero attached hydrogens (tertiary/aromatic N) is 1. The van der Waals surface area contributed by atoms with Crippen molar-refractivity contribution < 1.29 is 5.11 Å². The molecule has 118 valence electrons. The molecular weight excluding hydrogens is 248 g/mol. The molecule has 0 aromatic rings. The number of hydrogen-bond acceptors (Lipinski definition) is 3. The van der Waals surface area contributed by atoms with Crippen LogP contribution in [0.1, 0.15) is 58.8 Å². The highest BCUT2D eigenvalue weighted by atomic mass is 16.3. The van der Waals surface area contributed by atoms with Crippen LogP contribution in [0.15, 0.2) is 0 Å². The van der Waals surface area contributed by atoms with E-state index in [0.717, 1.165) is 13.1 Å². The molecule has 1 aliphatic heterocycles. The zero-order valence-corrected chi connectivity index (χ0v) is 13.5. The van der Waals surface area contributed by atoms with Crippen LogP contribution < -0.4 is 5.32 Å². The maximum Gasteiger partial charge on any atom is 0.0499 e. The van der Waals surface area contributed by atoms with Gasteiger partial charge in [0.1, 0.15) is 0 Å². The summed E-state index contributed by atoms with van der Waals surface area (Å²) in [7, 11) is 0. The van der Waals surface area contributed by atoms with E-state index in [2.05, 4.69) is 24.1 Å². The minimum Gasteiger partial charge on any atom is -0.396 e. The highest BCUT2D eigenvalue weighted by Crippen LogP contribution is 2.35. The first-order chi connectivity index (χ1) is 9.67. The van der Waals surface area contributed by atoms with Gasteiger partial charge < -0.3 is 10.4 Å². The van der Waals surface area contributed by atoms with Gasteiger partial charge in [-0.3, -0.25) is 4.90 Å². The normalized spacial score (nSPS) is 25.2. The van der Waals surface area contributed by atoms with E-state index in [0.29, 0.717) is 18.6 Å². The fourth-order valence-electron chi connectivity index (χ4n) is 4.04. The monoisotopic (exact) mass is 282 g/mol. The van der Waals surface area contributed by atoms with E-state index >= 15 is 0 Å². The van der Waals surface area contributed by atoms with Gasteiger partial charge in [-0.05, 0) is 44.7 Å². The van der Waals surface area contributed by atoms with Crippen LogP contribution in [-0.2, 0) is 0 Å². The Kier molecular flexibility index (Phi) is 6.31. The second-order valence-electron chi connectivity index (χ2n) is 7.40. The molecule has 0 aromatic heterocycles. The molecule has 1 aliphatic carbocycles. The molecule has 0 spiro atoms. The number of nitrogens with one attached hydrogen (secondary N) is 1. The second kappa shape index (κ2) is 7.77. The summed E-state index contributed by atoms with van der Waals surface area (Å²) in [6, 6.07) is 0.664. The molecule has 1 saturated carbocycles. The fourth-order valence-corrected chi connectivity index (χ4v) is 4.04. The van der Waals surface area contributed by atoms with E-state index < -0.39 is 0 Å². The maximum absolute atomic E-state index is 9.78. The molecule has 2 rings (SSSR count). The molecule has 0 amide bonds. The van der Waals surface area contributed by atoms with E-state index in [1.54, 1.807) is 0 Å². The van der Waals surface area contributed by atoms with Crippen molar-refractivity contribution in [2.45, 2.75) is 64.8 Å². The lowest BCUT2D eigenvalue weighted by atomic mass is 9.74. The summed E-state index contributed by atoms with van der Waals surface area (Å²) in [5, 5.41) is 13.5. The standard InChI is InChI=1S/C17H34N2O/c1-15(2)16(19-10-6-7-11-19)12-18-13-17(14-20)8-4-3-5-9-17/h15-16,18,20H,3-14H2,1-2H3. The average molecular weight is 282 g/mol. The summed E-state index contributed by atoms with van der Waals surface area (Å²) >= 11 is 0.